The number of benzene rings is 2. The van der Waals surface area contributed by atoms with Crippen LogP contribution in [-0.2, 0) is 19.3 Å². The molecule has 0 saturated carbocycles. The lowest BCUT2D eigenvalue weighted by atomic mass is 9.79. The molecule has 1 aliphatic rings. The van der Waals surface area contributed by atoms with Crippen LogP contribution >= 0.6 is 0 Å². The summed E-state index contributed by atoms with van der Waals surface area (Å²) in [6.45, 7) is 7.93. The number of amides is 1. The van der Waals surface area contributed by atoms with E-state index in [1.165, 1.54) is 24.3 Å². The molecule has 1 saturated heterocycles. The minimum Gasteiger partial charge on any atom is -0.399 e. The molecule has 1 aliphatic heterocycles. The average molecular weight is 402 g/mol. The van der Waals surface area contributed by atoms with E-state index in [-0.39, 0.29) is 10.8 Å². The Morgan fingerprint density at radius 1 is 0.929 bits per heavy atom. The van der Waals surface area contributed by atoms with Crippen LogP contribution in [0.5, 0.6) is 0 Å². The van der Waals surface area contributed by atoms with Crippen LogP contribution < -0.4 is 15.9 Å². The van der Waals surface area contributed by atoms with E-state index in [0.29, 0.717) is 11.3 Å². The summed E-state index contributed by atoms with van der Waals surface area (Å²) in [7, 11) is -4.26. The molecule has 0 aromatic heterocycles. The fraction of sp³-hybridized carbons (Fsp3) is 0.316. The first-order valence-corrected chi connectivity index (χ1v) is 10.3. The van der Waals surface area contributed by atoms with E-state index in [4.69, 9.17) is 14.4 Å². The second kappa shape index (κ2) is 7.00. The number of nitrogens with one attached hydrogen (secondary N) is 1. The summed E-state index contributed by atoms with van der Waals surface area (Å²) in [5.74, 6) is -0.316. The van der Waals surface area contributed by atoms with Crippen molar-refractivity contribution < 1.29 is 22.5 Å². The highest BCUT2D eigenvalue weighted by Crippen LogP contribution is 2.36. The highest BCUT2D eigenvalue weighted by molar-refractivity contribution is 7.89. The number of carbonyl (C=O) groups excluding carboxylic acids is 1. The highest BCUT2D eigenvalue weighted by Gasteiger charge is 2.51. The van der Waals surface area contributed by atoms with Crippen molar-refractivity contribution in [3.05, 3.63) is 54.1 Å². The van der Waals surface area contributed by atoms with E-state index in [0.717, 1.165) is 5.46 Å². The van der Waals surface area contributed by atoms with Gasteiger partial charge in [0.05, 0.1) is 16.1 Å². The number of hydrogen-bond donors (Lipinski definition) is 2. The molecule has 0 radical (unpaired) electrons. The molecule has 28 heavy (non-hydrogen) atoms. The van der Waals surface area contributed by atoms with E-state index in [9.17, 15) is 13.2 Å². The van der Waals surface area contributed by atoms with Crippen molar-refractivity contribution in [3.8, 4) is 0 Å². The third kappa shape index (κ3) is 4.12. The number of anilines is 1. The zero-order valence-electron chi connectivity index (χ0n) is 16.2. The topological polar surface area (TPSA) is 108 Å². The van der Waals surface area contributed by atoms with Gasteiger partial charge in [-0.05, 0) is 69.6 Å². The molecule has 2 aromatic rings. The molecule has 0 atom stereocenters. The molecular formula is C19H23BN2O5S. The molecule has 148 valence electrons. The van der Waals surface area contributed by atoms with Crippen molar-refractivity contribution in [1.82, 2.24) is 0 Å². The zero-order chi connectivity index (χ0) is 20.7. The Hall–Kier alpha value is -2.20. The van der Waals surface area contributed by atoms with Gasteiger partial charge < -0.3 is 14.6 Å². The molecule has 0 unspecified atom stereocenters. The second-order valence-corrected chi connectivity index (χ2v) is 9.30. The van der Waals surface area contributed by atoms with Crippen LogP contribution in [0.1, 0.15) is 38.1 Å². The SMILES string of the molecule is CC1(C)OB(c2ccc(C(=O)Nc3ccc(S(N)(=O)=O)cc3)cc2)OC1(C)C. The fourth-order valence-electron chi connectivity index (χ4n) is 2.70. The van der Waals surface area contributed by atoms with E-state index in [2.05, 4.69) is 5.32 Å². The van der Waals surface area contributed by atoms with Gasteiger partial charge in [0.25, 0.3) is 5.91 Å². The molecule has 1 fully saturated rings. The Labute approximate surface area is 165 Å². The minimum atomic E-state index is -3.77. The second-order valence-electron chi connectivity index (χ2n) is 7.73. The van der Waals surface area contributed by atoms with Gasteiger partial charge >= 0.3 is 7.12 Å². The van der Waals surface area contributed by atoms with Crippen molar-refractivity contribution in [3.63, 3.8) is 0 Å². The zero-order valence-corrected chi connectivity index (χ0v) is 17.0. The number of hydrogen-bond acceptors (Lipinski definition) is 5. The van der Waals surface area contributed by atoms with Gasteiger partial charge in [-0.1, -0.05) is 12.1 Å². The summed E-state index contributed by atoms with van der Waals surface area (Å²) in [4.78, 5) is 12.4. The maximum absolute atomic E-state index is 12.4. The standard InChI is InChI=1S/C19H23BN2O5S/c1-18(2)19(3,4)27-20(26-18)14-7-5-13(6-8-14)17(23)22-15-9-11-16(12-10-15)28(21,24)25/h5-12H,1-4H3,(H,22,23)(H2,21,24,25). The Kier molecular flexibility index (Phi) is 5.14. The van der Waals surface area contributed by atoms with Crippen LogP contribution in [0, 0.1) is 0 Å². The van der Waals surface area contributed by atoms with Crippen LogP contribution in [0.15, 0.2) is 53.4 Å². The minimum absolute atomic E-state index is 0.0164. The van der Waals surface area contributed by atoms with Crippen LogP contribution in [0.2, 0.25) is 0 Å². The van der Waals surface area contributed by atoms with Gasteiger partial charge in [0.2, 0.25) is 10.0 Å². The first-order chi connectivity index (χ1) is 12.9. The number of nitrogens with two attached hydrogens (primary N) is 1. The lowest BCUT2D eigenvalue weighted by Gasteiger charge is -2.32. The monoisotopic (exact) mass is 402 g/mol. The summed E-state index contributed by atoms with van der Waals surface area (Å²) >= 11 is 0. The van der Waals surface area contributed by atoms with Gasteiger partial charge in [0.1, 0.15) is 0 Å². The Morgan fingerprint density at radius 2 is 1.43 bits per heavy atom. The third-order valence-corrected chi connectivity index (χ3v) is 6.07. The van der Waals surface area contributed by atoms with E-state index in [1.807, 2.05) is 27.7 Å². The number of carbonyl (C=O) groups is 1. The summed E-state index contributed by atoms with van der Waals surface area (Å²) in [6.07, 6.45) is 0. The number of rotatable bonds is 4. The first-order valence-electron chi connectivity index (χ1n) is 8.79. The summed E-state index contributed by atoms with van der Waals surface area (Å²) in [5.41, 5.74) is 0.879. The predicted molar refractivity (Wildman–Crippen MR) is 108 cm³/mol. The van der Waals surface area contributed by atoms with Crippen molar-refractivity contribution in [2.75, 3.05) is 5.32 Å². The number of sulfonamides is 1. The molecule has 3 rings (SSSR count). The van der Waals surface area contributed by atoms with Crippen molar-refractivity contribution in [2.45, 2.75) is 43.8 Å². The fourth-order valence-corrected chi connectivity index (χ4v) is 3.22. The largest absolute Gasteiger partial charge is 0.494 e. The molecule has 0 bridgehead atoms. The van der Waals surface area contributed by atoms with Crippen LogP contribution in [0.3, 0.4) is 0 Å². The van der Waals surface area contributed by atoms with Gasteiger partial charge in [0, 0.05) is 11.3 Å². The molecular weight excluding hydrogens is 379 g/mol. The van der Waals surface area contributed by atoms with Gasteiger partial charge in [0.15, 0.2) is 0 Å². The Morgan fingerprint density at radius 3 is 1.89 bits per heavy atom. The maximum atomic E-state index is 12.4. The highest BCUT2D eigenvalue weighted by atomic mass is 32.2. The molecule has 0 aliphatic carbocycles. The molecule has 2 aromatic carbocycles. The predicted octanol–water partition coefficient (Wildman–Crippen LogP) is 1.89. The summed E-state index contributed by atoms with van der Waals surface area (Å²) in [6, 6.07) is 12.6. The Balaban J connectivity index is 1.69. The van der Waals surface area contributed by atoms with Crippen LogP contribution in [-0.4, -0.2) is 32.6 Å². The van der Waals surface area contributed by atoms with E-state index in [1.54, 1.807) is 24.3 Å². The molecule has 9 heteroatoms. The van der Waals surface area contributed by atoms with Gasteiger partial charge in [-0.3, -0.25) is 4.79 Å². The van der Waals surface area contributed by atoms with E-state index < -0.39 is 28.3 Å². The molecule has 0 spiro atoms. The van der Waals surface area contributed by atoms with Crippen molar-refractivity contribution >= 4 is 34.2 Å². The van der Waals surface area contributed by atoms with Crippen LogP contribution in [0.4, 0.5) is 5.69 Å². The normalized spacial score (nSPS) is 18.1. The lowest BCUT2D eigenvalue weighted by molar-refractivity contribution is 0.00578. The van der Waals surface area contributed by atoms with Crippen molar-refractivity contribution in [1.29, 1.82) is 0 Å². The smallest absolute Gasteiger partial charge is 0.399 e. The molecule has 1 heterocycles. The summed E-state index contributed by atoms with van der Waals surface area (Å²) < 4.78 is 34.6. The summed E-state index contributed by atoms with van der Waals surface area (Å²) in [5, 5.41) is 7.78. The van der Waals surface area contributed by atoms with Gasteiger partial charge in [-0.15, -0.1) is 0 Å². The first kappa shape index (κ1) is 20.5. The maximum Gasteiger partial charge on any atom is 0.494 e. The van der Waals surface area contributed by atoms with Gasteiger partial charge in [-0.25, -0.2) is 13.6 Å². The average Bonchev–Trinajstić information content (AvgIpc) is 2.82. The Bertz CT molecular complexity index is 970. The van der Waals surface area contributed by atoms with E-state index >= 15 is 0 Å². The molecule has 3 N–H and O–H groups in total. The molecule has 7 nitrogen and oxygen atoms in total. The van der Waals surface area contributed by atoms with Crippen LogP contribution in [0.25, 0.3) is 0 Å². The quantitative estimate of drug-likeness (QED) is 0.760. The van der Waals surface area contributed by atoms with Gasteiger partial charge in [-0.2, -0.15) is 0 Å². The third-order valence-electron chi connectivity index (χ3n) is 5.14. The number of primary sulfonamides is 1. The van der Waals surface area contributed by atoms with Crippen molar-refractivity contribution in [2.24, 2.45) is 5.14 Å². The molecule has 1 amide bonds. The lowest BCUT2D eigenvalue weighted by Crippen LogP contribution is -2.41.